The van der Waals surface area contributed by atoms with Gasteiger partial charge in [0.1, 0.15) is 0 Å². The van der Waals surface area contributed by atoms with Gasteiger partial charge in [-0.3, -0.25) is 4.68 Å². The van der Waals surface area contributed by atoms with Gasteiger partial charge in [-0.25, -0.2) is 0 Å². The second kappa shape index (κ2) is 6.45. The molecule has 0 spiro atoms. The Bertz CT molecular complexity index is 331. The Balaban J connectivity index is 1.94. The predicted octanol–water partition coefficient (Wildman–Crippen LogP) is 2.08. The van der Waals surface area contributed by atoms with Crippen LogP contribution < -0.4 is 5.32 Å². The summed E-state index contributed by atoms with van der Waals surface area (Å²) < 4.78 is 1.90. The lowest BCUT2D eigenvalue weighted by molar-refractivity contribution is 0.380. The van der Waals surface area contributed by atoms with Gasteiger partial charge < -0.3 is 5.32 Å². The van der Waals surface area contributed by atoms with E-state index < -0.39 is 0 Å². The SMILES string of the molecule is CCCNC(Cc1cnn(C)c1)C1CCSC1. The third-order valence-corrected chi connectivity index (χ3v) is 4.59. The molecule has 0 amide bonds. The third-order valence-electron chi connectivity index (χ3n) is 3.40. The Kier molecular flexibility index (Phi) is 4.92. The lowest BCUT2D eigenvalue weighted by Gasteiger charge is -2.23. The Morgan fingerprint density at radius 2 is 2.53 bits per heavy atom. The number of aryl methyl sites for hydroxylation is 1. The molecule has 2 rings (SSSR count). The molecule has 1 fully saturated rings. The van der Waals surface area contributed by atoms with Crippen molar-refractivity contribution in [1.29, 1.82) is 0 Å². The van der Waals surface area contributed by atoms with Crippen LogP contribution in [0, 0.1) is 5.92 Å². The molecule has 0 saturated carbocycles. The maximum Gasteiger partial charge on any atom is 0.0522 e. The fourth-order valence-electron chi connectivity index (χ4n) is 2.44. The summed E-state index contributed by atoms with van der Waals surface area (Å²) in [4.78, 5) is 0. The molecule has 0 aromatic carbocycles. The van der Waals surface area contributed by atoms with Crippen molar-refractivity contribution in [2.75, 3.05) is 18.1 Å². The predicted molar refractivity (Wildman–Crippen MR) is 74.4 cm³/mol. The van der Waals surface area contributed by atoms with Crippen LogP contribution in [0.25, 0.3) is 0 Å². The molecule has 4 heteroatoms. The Morgan fingerprint density at radius 1 is 1.65 bits per heavy atom. The fraction of sp³-hybridized carbons (Fsp3) is 0.769. The maximum absolute atomic E-state index is 4.26. The van der Waals surface area contributed by atoms with E-state index in [1.165, 1.54) is 29.9 Å². The Hall–Kier alpha value is -0.480. The molecule has 3 nitrogen and oxygen atoms in total. The van der Waals surface area contributed by atoms with Crippen LogP contribution in [0.4, 0.5) is 0 Å². The smallest absolute Gasteiger partial charge is 0.0522 e. The molecule has 1 aliphatic rings. The number of hydrogen-bond donors (Lipinski definition) is 1. The molecule has 1 saturated heterocycles. The summed E-state index contributed by atoms with van der Waals surface area (Å²) >= 11 is 2.10. The summed E-state index contributed by atoms with van der Waals surface area (Å²) in [5, 5.41) is 7.98. The van der Waals surface area contributed by atoms with Gasteiger partial charge in [-0.05, 0) is 48.8 Å². The minimum Gasteiger partial charge on any atom is -0.313 e. The van der Waals surface area contributed by atoms with E-state index in [2.05, 4.69) is 35.3 Å². The number of hydrogen-bond acceptors (Lipinski definition) is 3. The zero-order valence-electron chi connectivity index (χ0n) is 10.9. The highest BCUT2D eigenvalue weighted by molar-refractivity contribution is 7.99. The van der Waals surface area contributed by atoms with E-state index >= 15 is 0 Å². The van der Waals surface area contributed by atoms with Crippen molar-refractivity contribution in [3.63, 3.8) is 0 Å². The molecular weight excluding hydrogens is 230 g/mol. The Morgan fingerprint density at radius 3 is 3.12 bits per heavy atom. The van der Waals surface area contributed by atoms with Crippen molar-refractivity contribution in [3.8, 4) is 0 Å². The normalized spacial score (nSPS) is 21.9. The minimum atomic E-state index is 0.633. The van der Waals surface area contributed by atoms with E-state index in [0.717, 1.165) is 18.9 Å². The molecule has 1 aliphatic heterocycles. The highest BCUT2D eigenvalue weighted by Crippen LogP contribution is 2.27. The van der Waals surface area contributed by atoms with Crippen molar-refractivity contribution < 1.29 is 0 Å². The topological polar surface area (TPSA) is 29.9 Å². The molecule has 2 unspecified atom stereocenters. The van der Waals surface area contributed by atoms with Crippen molar-refractivity contribution in [1.82, 2.24) is 15.1 Å². The van der Waals surface area contributed by atoms with Crippen molar-refractivity contribution in [2.24, 2.45) is 13.0 Å². The van der Waals surface area contributed by atoms with Gasteiger partial charge in [0.15, 0.2) is 0 Å². The molecule has 2 atom stereocenters. The number of nitrogens with one attached hydrogen (secondary N) is 1. The summed E-state index contributed by atoms with van der Waals surface area (Å²) in [6.45, 7) is 3.36. The highest BCUT2D eigenvalue weighted by Gasteiger charge is 2.25. The third kappa shape index (κ3) is 3.75. The van der Waals surface area contributed by atoms with E-state index in [1.807, 2.05) is 17.9 Å². The van der Waals surface area contributed by atoms with E-state index in [9.17, 15) is 0 Å². The van der Waals surface area contributed by atoms with Crippen LogP contribution in [0.5, 0.6) is 0 Å². The van der Waals surface area contributed by atoms with Crippen molar-refractivity contribution in [3.05, 3.63) is 18.0 Å². The van der Waals surface area contributed by atoms with Crippen LogP contribution in [-0.2, 0) is 13.5 Å². The Labute approximate surface area is 108 Å². The summed E-state index contributed by atoms with van der Waals surface area (Å²) in [5.41, 5.74) is 1.36. The first-order valence-corrected chi connectivity index (χ1v) is 7.73. The van der Waals surface area contributed by atoms with Crippen LogP contribution in [0.15, 0.2) is 12.4 Å². The lowest BCUT2D eigenvalue weighted by atomic mass is 9.94. The van der Waals surface area contributed by atoms with Gasteiger partial charge in [0.05, 0.1) is 6.20 Å². The summed E-state index contributed by atoms with van der Waals surface area (Å²) in [5.74, 6) is 3.50. The van der Waals surface area contributed by atoms with Gasteiger partial charge in [0.2, 0.25) is 0 Å². The van der Waals surface area contributed by atoms with Crippen molar-refractivity contribution >= 4 is 11.8 Å². The number of thioether (sulfide) groups is 1. The molecular formula is C13H23N3S. The zero-order valence-corrected chi connectivity index (χ0v) is 11.7. The van der Waals surface area contributed by atoms with Gasteiger partial charge >= 0.3 is 0 Å². The number of rotatable bonds is 6. The molecule has 1 N–H and O–H groups in total. The lowest BCUT2D eigenvalue weighted by Crippen LogP contribution is -2.38. The fourth-order valence-corrected chi connectivity index (χ4v) is 3.77. The maximum atomic E-state index is 4.26. The molecule has 2 heterocycles. The van der Waals surface area contributed by atoms with Gasteiger partial charge in [-0.1, -0.05) is 6.92 Å². The van der Waals surface area contributed by atoms with Crippen LogP contribution >= 0.6 is 11.8 Å². The summed E-state index contributed by atoms with van der Waals surface area (Å²) in [7, 11) is 1.99. The van der Waals surface area contributed by atoms with Gasteiger partial charge in [0.25, 0.3) is 0 Å². The first-order valence-electron chi connectivity index (χ1n) is 6.58. The molecule has 0 radical (unpaired) electrons. The molecule has 96 valence electrons. The minimum absolute atomic E-state index is 0.633. The van der Waals surface area contributed by atoms with E-state index in [-0.39, 0.29) is 0 Å². The monoisotopic (exact) mass is 253 g/mol. The summed E-state index contributed by atoms with van der Waals surface area (Å²) in [6, 6.07) is 0.633. The largest absolute Gasteiger partial charge is 0.313 e. The van der Waals surface area contributed by atoms with Gasteiger partial charge in [-0.2, -0.15) is 16.9 Å². The number of nitrogens with zero attached hydrogens (tertiary/aromatic N) is 2. The second-order valence-corrected chi connectivity index (χ2v) is 6.06. The molecule has 17 heavy (non-hydrogen) atoms. The standard InChI is InChI=1S/C13H23N3S/c1-3-5-14-13(12-4-6-17-10-12)7-11-8-15-16(2)9-11/h8-9,12-14H,3-7,10H2,1-2H3. The van der Waals surface area contributed by atoms with E-state index in [4.69, 9.17) is 0 Å². The van der Waals surface area contributed by atoms with Crippen LogP contribution in [0.2, 0.25) is 0 Å². The van der Waals surface area contributed by atoms with Gasteiger partial charge in [-0.15, -0.1) is 0 Å². The average molecular weight is 253 g/mol. The second-order valence-electron chi connectivity index (χ2n) is 4.91. The zero-order chi connectivity index (χ0) is 12.1. The molecule has 0 bridgehead atoms. The van der Waals surface area contributed by atoms with Crippen molar-refractivity contribution in [2.45, 2.75) is 32.2 Å². The summed E-state index contributed by atoms with van der Waals surface area (Å²) in [6.07, 6.45) is 7.85. The first-order chi connectivity index (χ1) is 8.29. The number of aromatic nitrogens is 2. The van der Waals surface area contributed by atoms with E-state index in [1.54, 1.807) is 0 Å². The first kappa shape index (κ1) is 13.0. The van der Waals surface area contributed by atoms with E-state index in [0.29, 0.717) is 6.04 Å². The van der Waals surface area contributed by atoms with Gasteiger partial charge in [0, 0.05) is 19.3 Å². The molecule has 0 aliphatic carbocycles. The van der Waals surface area contributed by atoms with Crippen LogP contribution in [0.1, 0.15) is 25.3 Å². The molecule has 1 aromatic heterocycles. The quantitative estimate of drug-likeness (QED) is 0.842. The molecule has 1 aromatic rings. The van der Waals surface area contributed by atoms with Crippen LogP contribution in [-0.4, -0.2) is 33.9 Å². The average Bonchev–Trinajstić information content (AvgIpc) is 2.95. The highest BCUT2D eigenvalue weighted by atomic mass is 32.2. The van der Waals surface area contributed by atoms with Crippen LogP contribution in [0.3, 0.4) is 0 Å².